The van der Waals surface area contributed by atoms with Gasteiger partial charge in [-0.2, -0.15) is 0 Å². The van der Waals surface area contributed by atoms with Crippen molar-refractivity contribution in [2.45, 2.75) is 0 Å². The summed E-state index contributed by atoms with van der Waals surface area (Å²) in [5, 5.41) is 2.35. The fourth-order valence-corrected chi connectivity index (χ4v) is 3.93. The summed E-state index contributed by atoms with van der Waals surface area (Å²) >= 11 is 24.3. The highest BCUT2D eigenvalue weighted by Crippen LogP contribution is 2.29. The molecule has 2 nitrogen and oxygen atoms in total. The Morgan fingerprint density at radius 2 is 0.786 bits per heavy atom. The molecule has 2 aromatic heterocycles. The fourth-order valence-electron chi connectivity index (χ4n) is 2.87. The first-order valence-electron chi connectivity index (χ1n) is 8.33. The van der Waals surface area contributed by atoms with E-state index in [2.05, 4.69) is 9.97 Å². The first-order valence-corrected chi connectivity index (χ1v) is 9.84. The lowest BCUT2D eigenvalue weighted by Crippen LogP contribution is -1.89. The van der Waals surface area contributed by atoms with Crippen LogP contribution in [0.25, 0.3) is 33.6 Å². The van der Waals surface area contributed by atoms with Crippen LogP contribution in [0.5, 0.6) is 0 Å². The van der Waals surface area contributed by atoms with Crippen molar-refractivity contribution in [2.75, 3.05) is 0 Å². The highest BCUT2D eigenvalue weighted by Gasteiger charge is 2.07. The minimum atomic E-state index is 0.588. The first kappa shape index (κ1) is 19.2. The van der Waals surface area contributed by atoms with Crippen LogP contribution in [0, 0.1) is 0 Å². The predicted octanol–water partition coefficient (Wildman–Crippen LogP) is 8.09. The van der Waals surface area contributed by atoms with Gasteiger partial charge in [0.05, 0.1) is 11.4 Å². The van der Waals surface area contributed by atoms with Crippen LogP contribution in [0.1, 0.15) is 0 Å². The zero-order valence-corrected chi connectivity index (χ0v) is 17.4. The van der Waals surface area contributed by atoms with Gasteiger partial charge in [-0.25, -0.2) is 0 Å². The van der Waals surface area contributed by atoms with Crippen LogP contribution in [0.2, 0.25) is 20.1 Å². The Kier molecular flexibility index (Phi) is 5.56. The summed E-state index contributed by atoms with van der Waals surface area (Å²) in [6, 6.07) is 18.6. The van der Waals surface area contributed by atoms with Crippen LogP contribution in [-0.2, 0) is 0 Å². The van der Waals surface area contributed by atoms with E-state index in [1.165, 1.54) is 0 Å². The van der Waals surface area contributed by atoms with Crippen LogP contribution in [0.3, 0.4) is 0 Å². The molecule has 2 heterocycles. The van der Waals surface area contributed by atoms with Crippen molar-refractivity contribution < 1.29 is 0 Å². The number of halogens is 4. The van der Waals surface area contributed by atoms with Gasteiger partial charge < -0.3 is 0 Å². The van der Waals surface area contributed by atoms with Crippen molar-refractivity contribution in [3.63, 3.8) is 0 Å². The average molecular weight is 446 g/mol. The third kappa shape index (κ3) is 4.31. The van der Waals surface area contributed by atoms with Crippen LogP contribution in [-0.4, -0.2) is 9.97 Å². The predicted molar refractivity (Wildman–Crippen MR) is 118 cm³/mol. The molecule has 0 amide bonds. The second kappa shape index (κ2) is 8.10. The molecule has 4 rings (SSSR count). The van der Waals surface area contributed by atoms with Gasteiger partial charge in [-0.05, 0) is 59.7 Å². The summed E-state index contributed by atoms with van der Waals surface area (Å²) in [5.41, 5.74) is 5.23. The van der Waals surface area contributed by atoms with Crippen molar-refractivity contribution in [2.24, 2.45) is 0 Å². The Balaban J connectivity index is 1.61. The zero-order valence-electron chi connectivity index (χ0n) is 14.3. The normalized spacial score (nSPS) is 10.9. The monoisotopic (exact) mass is 444 g/mol. The van der Waals surface area contributed by atoms with E-state index in [0.717, 1.165) is 33.6 Å². The number of hydrogen-bond donors (Lipinski definition) is 0. The van der Waals surface area contributed by atoms with E-state index in [4.69, 9.17) is 46.4 Å². The molecule has 0 saturated heterocycles. The first-order chi connectivity index (χ1) is 13.5. The molecule has 138 valence electrons. The van der Waals surface area contributed by atoms with E-state index in [1.807, 2.05) is 48.5 Å². The van der Waals surface area contributed by atoms with Crippen LogP contribution in [0.15, 0.2) is 73.1 Å². The maximum absolute atomic E-state index is 6.08. The highest BCUT2D eigenvalue weighted by atomic mass is 35.5. The Hall–Kier alpha value is -2.10. The average Bonchev–Trinajstić information content (AvgIpc) is 2.67. The molecule has 6 heteroatoms. The Morgan fingerprint density at radius 3 is 1.07 bits per heavy atom. The van der Waals surface area contributed by atoms with Gasteiger partial charge in [-0.1, -0.05) is 58.5 Å². The van der Waals surface area contributed by atoms with E-state index in [9.17, 15) is 0 Å². The number of benzene rings is 2. The van der Waals surface area contributed by atoms with Crippen molar-refractivity contribution in [3.05, 3.63) is 93.1 Å². The minimum Gasteiger partial charge on any atom is -0.254 e. The largest absolute Gasteiger partial charge is 0.254 e. The lowest BCUT2D eigenvalue weighted by molar-refractivity contribution is 1.25. The highest BCUT2D eigenvalue weighted by molar-refractivity contribution is 6.35. The molecule has 0 aliphatic rings. The molecule has 2 aromatic carbocycles. The minimum absolute atomic E-state index is 0.588. The van der Waals surface area contributed by atoms with Gasteiger partial charge in [-0.15, -0.1) is 0 Å². The third-order valence-corrected chi connectivity index (χ3v) is 5.05. The Labute approximate surface area is 182 Å². The molecule has 0 aliphatic carbocycles. The number of hydrogen-bond acceptors (Lipinski definition) is 2. The molecule has 0 radical (unpaired) electrons. The van der Waals surface area contributed by atoms with E-state index in [0.29, 0.717) is 20.1 Å². The molecule has 0 bridgehead atoms. The van der Waals surface area contributed by atoms with E-state index < -0.39 is 0 Å². The lowest BCUT2D eigenvalue weighted by atomic mass is 10.1. The Bertz CT molecular complexity index is 1010. The van der Waals surface area contributed by atoms with Gasteiger partial charge in [0.25, 0.3) is 0 Å². The van der Waals surface area contributed by atoms with Crippen molar-refractivity contribution >= 4 is 46.4 Å². The number of rotatable bonds is 3. The number of nitrogens with zero attached hydrogens (tertiary/aromatic N) is 2. The van der Waals surface area contributed by atoms with E-state index in [-0.39, 0.29) is 0 Å². The second-order valence-corrected chi connectivity index (χ2v) is 7.93. The molecule has 28 heavy (non-hydrogen) atoms. The van der Waals surface area contributed by atoms with Gasteiger partial charge in [-0.3, -0.25) is 9.97 Å². The van der Waals surface area contributed by atoms with Gasteiger partial charge in [0, 0.05) is 43.6 Å². The summed E-state index contributed by atoms with van der Waals surface area (Å²) in [5.74, 6) is 0. The summed E-state index contributed by atoms with van der Waals surface area (Å²) in [6.45, 7) is 0. The topological polar surface area (TPSA) is 25.8 Å². The number of pyridine rings is 2. The van der Waals surface area contributed by atoms with Crippen LogP contribution in [0.4, 0.5) is 0 Å². The summed E-state index contributed by atoms with van der Waals surface area (Å²) in [6.07, 6.45) is 3.56. The van der Waals surface area contributed by atoms with Crippen molar-refractivity contribution in [3.8, 4) is 33.6 Å². The maximum Gasteiger partial charge on any atom is 0.0886 e. The molecule has 0 unspecified atom stereocenters. The summed E-state index contributed by atoms with van der Waals surface area (Å²) in [7, 11) is 0. The SMILES string of the molecule is Clc1cc(Cl)cc(-c2ccc(-c3ccc(-c4cc(Cl)cc(Cl)c4)cn3)nc2)c1. The van der Waals surface area contributed by atoms with Gasteiger partial charge in [0.15, 0.2) is 0 Å². The number of aromatic nitrogens is 2. The lowest BCUT2D eigenvalue weighted by Gasteiger charge is -2.07. The Morgan fingerprint density at radius 1 is 0.429 bits per heavy atom. The van der Waals surface area contributed by atoms with Gasteiger partial charge in [0.2, 0.25) is 0 Å². The van der Waals surface area contributed by atoms with Crippen molar-refractivity contribution in [1.29, 1.82) is 0 Å². The summed E-state index contributed by atoms with van der Waals surface area (Å²) in [4.78, 5) is 9.05. The molecule has 0 atom stereocenters. The zero-order chi connectivity index (χ0) is 19.7. The quantitative estimate of drug-likeness (QED) is 0.318. The molecule has 0 fully saturated rings. The van der Waals surface area contributed by atoms with Gasteiger partial charge in [0.1, 0.15) is 0 Å². The third-order valence-electron chi connectivity index (χ3n) is 4.18. The van der Waals surface area contributed by atoms with Crippen LogP contribution < -0.4 is 0 Å². The molecule has 0 N–H and O–H groups in total. The second-order valence-electron chi connectivity index (χ2n) is 6.18. The molecule has 0 spiro atoms. The molecule has 4 aromatic rings. The van der Waals surface area contributed by atoms with E-state index >= 15 is 0 Å². The standard InChI is InChI=1S/C22H12Cl4N2/c23-17-5-15(6-18(24)9-17)13-1-3-21(27-11-13)22-4-2-14(12-28-22)16-7-19(25)10-20(26)8-16/h1-12H. The molecular weight excluding hydrogens is 434 g/mol. The molecular formula is C22H12Cl4N2. The van der Waals surface area contributed by atoms with Gasteiger partial charge >= 0.3 is 0 Å². The maximum atomic E-state index is 6.08. The smallest absolute Gasteiger partial charge is 0.0886 e. The molecule has 0 aliphatic heterocycles. The van der Waals surface area contributed by atoms with Crippen LogP contribution >= 0.6 is 46.4 Å². The fraction of sp³-hybridized carbons (Fsp3) is 0. The molecule has 0 saturated carbocycles. The summed E-state index contributed by atoms with van der Waals surface area (Å²) < 4.78 is 0. The van der Waals surface area contributed by atoms with Crippen molar-refractivity contribution in [1.82, 2.24) is 9.97 Å². The van der Waals surface area contributed by atoms with E-state index in [1.54, 1.807) is 24.5 Å².